The number of hydrogen-bond acceptors (Lipinski definition) is 1. The van der Waals surface area contributed by atoms with Gasteiger partial charge in [-0.3, -0.25) is 4.79 Å². The second kappa shape index (κ2) is 7.46. The number of hydrogen-bond donors (Lipinski definition) is 1. The van der Waals surface area contributed by atoms with E-state index in [0.717, 1.165) is 12.1 Å². The molecular weight excluding hydrogens is 483 g/mol. The molecule has 0 unspecified atom stereocenters. The van der Waals surface area contributed by atoms with Crippen LogP contribution in [0.1, 0.15) is 29.3 Å². The lowest BCUT2D eigenvalue weighted by molar-refractivity contribution is -0.137. The Morgan fingerprint density at radius 2 is 1.81 bits per heavy atom. The number of amides is 1. The first kappa shape index (κ1) is 19.0. The average Bonchev–Trinajstić information content (AvgIpc) is 2.44. The minimum absolute atomic E-state index is 0.0375. The first-order valence-corrected chi connectivity index (χ1v) is 9.04. The lowest BCUT2D eigenvalue weighted by atomic mass is 10.0. The van der Waals surface area contributed by atoms with Crippen LogP contribution in [0, 0.1) is 0 Å². The summed E-state index contributed by atoms with van der Waals surface area (Å²) in [5.74, 6) is -0.547. The number of alkyl halides is 5. The Morgan fingerprint density at radius 3 is 2.24 bits per heavy atom. The summed E-state index contributed by atoms with van der Waals surface area (Å²) < 4.78 is 38.5. The molecule has 1 aromatic carbocycles. The highest BCUT2D eigenvalue weighted by Crippen LogP contribution is 2.32. The summed E-state index contributed by atoms with van der Waals surface area (Å²) in [5, 5.41) is 3.77. The van der Waals surface area contributed by atoms with Crippen molar-refractivity contribution in [2.24, 2.45) is 0 Å². The van der Waals surface area contributed by atoms with Crippen LogP contribution in [0.5, 0.6) is 0 Å². The number of benzene rings is 1. The monoisotopic (exact) mass is 493 g/mol. The van der Waals surface area contributed by atoms with Gasteiger partial charge in [-0.25, -0.2) is 0 Å². The van der Waals surface area contributed by atoms with E-state index in [1.165, 1.54) is 6.07 Å². The highest BCUT2D eigenvalue weighted by Gasteiger charge is 2.33. The van der Waals surface area contributed by atoms with Gasteiger partial charge in [-0.05, 0) is 40.5 Å². The van der Waals surface area contributed by atoms with Crippen LogP contribution in [0.2, 0.25) is 0 Å². The number of carbonyl (C=O) groups excluding carboxylic acids is 1. The van der Waals surface area contributed by atoms with Crippen molar-refractivity contribution in [2.75, 3.05) is 10.7 Å². The lowest BCUT2D eigenvalue weighted by Crippen LogP contribution is -2.51. The van der Waals surface area contributed by atoms with Crippen LogP contribution < -0.4 is 5.32 Å². The van der Waals surface area contributed by atoms with Crippen molar-refractivity contribution < 1.29 is 18.0 Å². The largest absolute Gasteiger partial charge is 0.416 e. The van der Waals surface area contributed by atoms with Crippen LogP contribution >= 0.6 is 47.8 Å². The zero-order chi connectivity index (χ0) is 16.3. The highest BCUT2D eigenvalue weighted by molar-refractivity contribution is 9.10. The fourth-order valence-electron chi connectivity index (χ4n) is 1.56. The molecule has 0 radical (unpaired) electrons. The lowest BCUT2D eigenvalue weighted by Gasteiger charge is -2.30. The van der Waals surface area contributed by atoms with Gasteiger partial charge in [-0.2, -0.15) is 13.2 Å². The maximum absolute atomic E-state index is 12.7. The summed E-state index contributed by atoms with van der Waals surface area (Å²) >= 11 is 9.76. The molecule has 1 amide bonds. The molecule has 0 saturated heterocycles. The Labute approximate surface area is 146 Å². The summed E-state index contributed by atoms with van der Waals surface area (Å²) in [4.78, 5) is 12.3. The van der Waals surface area contributed by atoms with Gasteiger partial charge in [-0.1, -0.05) is 38.8 Å². The van der Waals surface area contributed by atoms with Crippen LogP contribution in [0.3, 0.4) is 0 Å². The Hall–Kier alpha value is -0.0800. The van der Waals surface area contributed by atoms with Crippen molar-refractivity contribution in [3.63, 3.8) is 0 Å². The van der Waals surface area contributed by atoms with Crippen molar-refractivity contribution in [1.82, 2.24) is 5.32 Å². The molecular formula is C13H13Br3F3NO. The second-order valence-corrected chi connectivity index (χ2v) is 6.52. The van der Waals surface area contributed by atoms with E-state index in [9.17, 15) is 18.0 Å². The standard InChI is InChI=1S/C13H13Br3F3NO/c1-2-12(6-14,7-15)20-11(21)9-5-8(13(17,18)19)3-4-10(9)16/h3-5H,2,6-7H2,1H3,(H,20,21). The van der Waals surface area contributed by atoms with Crippen molar-refractivity contribution >= 4 is 53.7 Å². The molecule has 0 heterocycles. The molecule has 1 rings (SSSR count). The molecule has 0 bridgehead atoms. The van der Waals surface area contributed by atoms with Gasteiger partial charge in [0, 0.05) is 15.1 Å². The van der Waals surface area contributed by atoms with Gasteiger partial charge in [-0.15, -0.1) is 0 Å². The molecule has 0 aliphatic rings. The highest BCUT2D eigenvalue weighted by atomic mass is 79.9. The Bertz CT molecular complexity index is 508. The third-order valence-electron chi connectivity index (χ3n) is 3.11. The molecule has 0 atom stereocenters. The zero-order valence-electron chi connectivity index (χ0n) is 11.0. The van der Waals surface area contributed by atoms with E-state index >= 15 is 0 Å². The molecule has 0 aliphatic carbocycles. The summed E-state index contributed by atoms with van der Waals surface area (Å²) in [6.45, 7) is 1.89. The SMILES string of the molecule is CCC(CBr)(CBr)NC(=O)c1cc(C(F)(F)F)ccc1Br. The summed E-state index contributed by atoms with van der Waals surface area (Å²) in [7, 11) is 0. The van der Waals surface area contributed by atoms with Gasteiger partial charge in [0.1, 0.15) is 0 Å². The van der Waals surface area contributed by atoms with E-state index in [2.05, 4.69) is 53.1 Å². The Balaban J connectivity index is 3.13. The zero-order valence-corrected chi connectivity index (χ0v) is 15.8. The van der Waals surface area contributed by atoms with Gasteiger partial charge in [0.15, 0.2) is 0 Å². The molecule has 1 aromatic rings. The fourth-order valence-corrected chi connectivity index (χ4v) is 3.99. The molecule has 0 aromatic heterocycles. The van der Waals surface area contributed by atoms with E-state index in [0.29, 0.717) is 21.6 Å². The molecule has 0 fully saturated rings. The van der Waals surface area contributed by atoms with Crippen LogP contribution in [0.25, 0.3) is 0 Å². The average molecular weight is 496 g/mol. The first-order chi connectivity index (χ1) is 9.69. The summed E-state index contributed by atoms with van der Waals surface area (Å²) in [6, 6.07) is 3.01. The molecule has 8 heteroatoms. The van der Waals surface area contributed by atoms with Crippen molar-refractivity contribution in [3.05, 3.63) is 33.8 Å². The molecule has 21 heavy (non-hydrogen) atoms. The van der Waals surface area contributed by atoms with E-state index in [4.69, 9.17) is 0 Å². The van der Waals surface area contributed by atoms with E-state index in [1.54, 1.807) is 0 Å². The van der Waals surface area contributed by atoms with E-state index < -0.39 is 23.2 Å². The second-order valence-electron chi connectivity index (χ2n) is 4.55. The third-order valence-corrected chi connectivity index (χ3v) is 5.94. The maximum atomic E-state index is 12.7. The van der Waals surface area contributed by atoms with Gasteiger partial charge in [0.25, 0.3) is 5.91 Å². The summed E-state index contributed by atoms with van der Waals surface area (Å²) in [5.41, 5.74) is -1.44. The number of carbonyl (C=O) groups is 1. The fraction of sp³-hybridized carbons (Fsp3) is 0.462. The molecule has 0 saturated carbocycles. The molecule has 0 aliphatic heterocycles. The smallest absolute Gasteiger partial charge is 0.345 e. The predicted molar refractivity (Wildman–Crippen MR) is 87.2 cm³/mol. The van der Waals surface area contributed by atoms with Gasteiger partial charge in [0.2, 0.25) is 0 Å². The van der Waals surface area contributed by atoms with Crippen molar-refractivity contribution in [3.8, 4) is 0 Å². The maximum Gasteiger partial charge on any atom is 0.416 e. The molecule has 0 spiro atoms. The van der Waals surface area contributed by atoms with Gasteiger partial charge < -0.3 is 5.32 Å². The van der Waals surface area contributed by atoms with Crippen molar-refractivity contribution in [1.29, 1.82) is 0 Å². The number of nitrogens with one attached hydrogen (secondary N) is 1. The van der Waals surface area contributed by atoms with Crippen LogP contribution in [-0.4, -0.2) is 22.1 Å². The minimum atomic E-state index is -4.48. The van der Waals surface area contributed by atoms with Gasteiger partial charge >= 0.3 is 6.18 Å². The molecule has 1 N–H and O–H groups in total. The van der Waals surface area contributed by atoms with E-state index in [1.807, 2.05) is 6.92 Å². The Morgan fingerprint density at radius 1 is 1.24 bits per heavy atom. The van der Waals surface area contributed by atoms with Crippen LogP contribution in [0.15, 0.2) is 22.7 Å². The quantitative estimate of drug-likeness (QED) is 0.563. The molecule has 2 nitrogen and oxygen atoms in total. The normalized spacial score (nSPS) is 12.3. The van der Waals surface area contributed by atoms with Crippen LogP contribution in [0.4, 0.5) is 13.2 Å². The first-order valence-electron chi connectivity index (χ1n) is 6.00. The number of halogens is 6. The topological polar surface area (TPSA) is 29.1 Å². The van der Waals surface area contributed by atoms with Crippen LogP contribution in [-0.2, 0) is 6.18 Å². The third kappa shape index (κ3) is 4.69. The van der Waals surface area contributed by atoms with Crippen molar-refractivity contribution in [2.45, 2.75) is 25.1 Å². The number of rotatable bonds is 5. The Kier molecular flexibility index (Phi) is 6.74. The predicted octanol–water partition coefficient (Wildman–Crippen LogP) is 5.14. The minimum Gasteiger partial charge on any atom is -0.345 e. The van der Waals surface area contributed by atoms with Gasteiger partial charge in [0.05, 0.1) is 16.7 Å². The summed E-state index contributed by atoms with van der Waals surface area (Å²) in [6.07, 6.45) is -3.85. The van der Waals surface area contributed by atoms with E-state index in [-0.39, 0.29) is 5.56 Å². The molecule has 118 valence electrons.